The first-order valence-electron chi connectivity index (χ1n) is 5.71. The molecule has 1 heterocycles. The molecule has 0 aromatic heterocycles. The quantitative estimate of drug-likeness (QED) is 0.790. The van der Waals surface area contributed by atoms with Crippen LogP contribution in [-0.2, 0) is 32.8 Å². The van der Waals surface area contributed by atoms with Crippen molar-refractivity contribution in [3.05, 3.63) is 29.3 Å². The summed E-state index contributed by atoms with van der Waals surface area (Å²) in [6, 6.07) is 5.45. The number of nitrogen functional groups attached to an aromatic ring is 1. The minimum Gasteiger partial charge on any atom is -0.398 e. The van der Waals surface area contributed by atoms with Crippen LogP contribution in [0.2, 0.25) is 0 Å². The number of sulfone groups is 1. The lowest BCUT2D eigenvalue weighted by Gasteiger charge is -2.28. The lowest BCUT2D eigenvalue weighted by atomic mass is 10.00. The molecule has 1 aliphatic heterocycles. The van der Waals surface area contributed by atoms with Crippen LogP contribution in [0, 0.1) is 0 Å². The van der Waals surface area contributed by atoms with Gasteiger partial charge in [-0.05, 0) is 23.6 Å². The fourth-order valence-corrected chi connectivity index (χ4v) is 5.62. The van der Waals surface area contributed by atoms with E-state index in [1.165, 1.54) is 4.31 Å². The maximum absolute atomic E-state index is 12.0. The summed E-state index contributed by atoms with van der Waals surface area (Å²) in [5, 5.41) is -0.859. The van der Waals surface area contributed by atoms with Crippen molar-refractivity contribution in [3.8, 4) is 0 Å². The summed E-state index contributed by atoms with van der Waals surface area (Å²) >= 11 is 0. The highest BCUT2D eigenvalue weighted by Crippen LogP contribution is 2.26. The van der Waals surface area contributed by atoms with Gasteiger partial charge in [-0.25, -0.2) is 16.8 Å². The third-order valence-corrected chi connectivity index (χ3v) is 7.03. The number of nitrogens with zero attached hydrogens (tertiary/aromatic N) is 1. The molecule has 19 heavy (non-hydrogen) atoms. The Labute approximate surface area is 113 Å². The summed E-state index contributed by atoms with van der Waals surface area (Å²) in [5.74, 6) is 0. The molecule has 1 aromatic carbocycles. The Balaban J connectivity index is 2.30. The van der Waals surface area contributed by atoms with E-state index in [1.54, 1.807) is 6.07 Å². The van der Waals surface area contributed by atoms with Crippen LogP contribution in [0.4, 0.5) is 5.69 Å². The maximum Gasteiger partial charge on any atom is 0.228 e. The van der Waals surface area contributed by atoms with Crippen molar-refractivity contribution >= 4 is 25.5 Å². The number of benzene rings is 1. The Bertz CT molecular complexity index is 695. The molecule has 0 aliphatic carbocycles. The first-order chi connectivity index (χ1) is 8.69. The zero-order valence-corrected chi connectivity index (χ0v) is 12.2. The molecule has 1 aromatic rings. The van der Waals surface area contributed by atoms with E-state index in [0.717, 1.165) is 17.4 Å². The van der Waals surface area contributed by atoms with Crippen LogP contribution < -0.4 is 5.73 Å². The normalized spacial score (nSPS) is 17.1. The Kier molecular flexibility index (Phi) is 3.59. The Hall–Kier alpha value is -1.12. The zero-order valence-electron chi connectivity index (χ0n) is 10.5. The molecule has 1 aliphatic rings. The first-order valence-corrected chi connectivity index (χ1v) is 9.38. The molecule has 0 fully saturated rings. The van der Waals surface area contributed by atoms with E-state index in [-0.39, 0.29) is 13.1 Å². The smallest absolute Gasteiger partial charge is 0.228 e. The molecule has 0 bridgehead atoms. The SMILES string of the molecule is CS(=O)(=O)CS(=O)(=O)N1CCc2cccc(N)c2C1. The number of nitrogens with two attached hydrogens (primary N) is 1. The predicted octanol–water partition coefficient (Wildman–Crippen LogP) is -0.0412. The highest BCUT2D eigenvalue weighted by molar-refractivity contribution is 8.06. The van der Waals surface area contributed by atoms with E-state index < -0.39 is 24.9 Å². The summed E-state index contributed by atoms with van der Waals surface area (Å²) in [5.41, 5.74) is 8.16. The van der Waals surface area contributed by atoms with E-state index in [1.807, 2.05) is 12.1 Å². The van der Waals surface area contributed by atoms with Gasteiger partial charge < -0.3 is 5.73 Å². The fourth-order valence-electron chi connectivity index (χ4n) is 2.16. The highest BCUT2D eigenvalue weighted by atomic mass is 32.3. The summed E-state index contributed by atoms with van der Waals surface area (Å²) in [6.07, 6.45) is 1.46. The molecule has 0 amide bonds. The second-order valence-corrected chi connectivity index (χ2v) is 9.20. The Morgan fingerprint density at radius 3 is 2.58 bits per heavy atom. The fraction of sp³-hybridized carbons (Fsp3) is 0.455. The van der Waals surface area contributed by atoms with Crippen LogP contribution in [0.15, 0.2) is 18.2 Å². The van der Waals surface area contributed by atoms with Gasteiger partial charge in [0.15, 0.2) is 14.9 Å². The van der Waals surface area contributed by atoms with Crippen molar-refractivity contribution in [1.29, 1.82) is 0 Å². The number of fused-ring (bicyclic) bond motifs is 1. The molecule has 106 valence electrons. The van der Waals surface area contributed by atoms with Gasteiger partial charge in [-0.1, -0.05) is 12.1 Å². The largest absolute Gasteiger partial charge is 0.398 e. The molecular weight excluding hydrogens is 288 g/mol. The summed E-state index contributed by atoms with van der Waals surface area (Å²) in [4.78, 5) is 0. The standard InChI is InChI=1S/C11H16N2O4S2/c1-18(14,15)8-19(16,17)13-6-5-9-3-2-4-11(12)10(9)7-13/h2-4H,5-8,12H2,1H3. The minimum atomic E-state index is -3.81. The third kappa shape index (κ3) is 3.26. The molecule has 0 unspecified atom stereocenters. The van der Waals surface area contributed by atoms with Gasteiger partial charge >= 0.3 is 0 Å². The van der Waals surface area contributed by atoms with Crippen LogP contribution in [0.1, 0.15) is 11.1 Å². The van der Waals surface area contributed by atoms with Gasteiger partial charge in [0.05, 0.1) is 0 Å². The van der Waals surface area contributed by atoms with Crippen molar-refractivity contribution in [2.24, 2.45) is 0 Å². The molecule has 0 radical (unpaired) electrons. The number of sulfonamides is 1. The third-order valence-electron chi connectivity index (χ3n) is 3.03. The van der Waals surface area contributed by atoms with Gasteiger partial charge in [0.2, 0.25) is 10.0 Å². The van der Waals surface area contributed by atoms with Crippen molar-refractivity contribution in [2.75, 3.05) is 23.6 Å². The van der Waals surface area contributed by atoms with Gasteiger partial charge in [-0.3, -0.25) is 0 Å². The van der Waals surface area contributed by atoms with Crippen molar-refractivity contribution < 1.29 is 16.8 Å². The van der Waals surface area contributed by atoms with Crippen molar-refractivity contribution in [1.82, 2.24) is 4.31 Å². The van der Waals surface area contributed by atoms with E-state index in [9.17, 15) is 16.8 Å². The molecule has 0 saturated carbocycles. The van der Waals surface area contributed by atoms with Gasteiger partial charge in [0.25, 0.3) is 0 Å². The molecule has 6 nitrogen and oxygen atoms in total. The number of rotatable bonds is 3. The van der Waals surface area contributed by atoms with Crippen LogP contribution in [0.3, 0.4) is 0 Å². The van der Waals surface area contributed by atoms with Gasteiger partial charge in [0.1, 0.15) is 0 Å². The summed E-state index contributed by atoms with van der Waals surface area (Å²) < 4.78 is 47.6. The van der Waals surface area contributed by atoms with Gasteiger partial charge in [-0.15, -0.1) is 0 Å². The highest BCUT2D eigenvalue weighted by Gasteiger charge is 2.30. The van der Waals surface area contributed by atoms with Crippen LogP contribution in [0.25, 0.3) is 0 Å². The number of hydrogen-bond donors (Lipinski definition) is 1. The Morgan fingerprint density at radius 1 is 1.26 bits per heavy atom. The van der Waals surface area contributed by atoms with Crippen molar-refractivity contribution in [3.63, 3.8) is 0 Å². The zero-order chi connectivity index (χ0) is 14.3. The van der Waals surface area contributed by atoms with Crippen LogP contribution in [-0.4, -0.2) is 39.0 Å². The second kappa shape index (κ2) is 4.77. The average molecular weight is 304 g/mol. The van der Waals surface area contributed by atoms with E-state index >= 15 is 0 Å². The van der Waals surface area contributed by atoms with Gasteiger partial charge in [0, 0.05) is 25.0 Å². The molecule has 0 spiro atoms. The molecule has 0 atom stereocenters. The van der Waals surface area contributed by atoms with E-state index in [0.29, 0.717) is 12.1 Å². The first kappa shape index (κ1) is 14.3. The summed E-state index contributed by atoms with van der Waals surface area (Å²) in [7, 11) is -7.39. The second-order valence-electron chi connectivity index (χ2n) is 4.72. The van der Waals surface area contributed by atoms with E-state index in [4.69, 9.17) is 5.73 Å². The molecule has 0 saturated heterocycles. The monoisotopic (exact) mass is 304 g/mol. The van der Waals surface area contributed by atoms with E-state index in [2.05, 4.69) is 0 Å². The minimum absolute atomic E-state index is 0.139. The molecular formula is C11H16N2O4S2. The summed E-state index contributed by atoms with van der Waals surface area (Å²) in [6.45, 7) is 0.425. The molecule has 2 rings (SSSR count). The Morgan fingerprint density at radius 2 is 1.95 bits per heavy atom. The van der Waals surface area contributed by atoms with Crippen LogP contribution in [0.5, 0.6) is 0 Å². The van der Waals surface area contributed by atoms with Crippen LogP contribution >= 0.6 is 0 Å². The topological polar surface area (TPSA) is 97.5 Å². The molecule has 8 heteroatoms. The van der Waals surface area contributed by atoms with Gasteiger partial charge in [-0.2, -0.15) is 4.31 Å². The lowest BCUT2D eigenvalue weighted by Crippen LogP contribution is -2.39. The number of anilines is 1. The van der Waals surface area contributed by atoms with Crippen molar-refractivity contribution in [2.45, 2.75) is 13.0 Å². The molecule has 2 N–H and O–H groups in total. The lowest BCUT2D eigenvalue weighted by molar-refractivity contribution is 0.394. The maximum atomic E-state index is 12.0. The number of hydrogen-bond acceptors (Lipinski definition) is 5. The predicted molar refractivity (Wildman–Crippen MR) is 73.6 cm³/mol. The average Bonchev–Trinajstić information content (AvgIpc) is 2.26.